The van der Waals surface area contributed by atoms with Crippen molar-refractivity contribution in [1.29, 1.82) is 0 Å². The Morgan fingerprint density at radius 3 is 2.67 bits per heavy atom. The number of rotatable bonds is 7. The molecule has 8 heteroatoms. The number of amides is 1. The number of carbonyl (C=O) groups excluding carboxylic acids is 1. The number of likely N-dealkylation sites (N-methyl/N-ethyl adjacent to an activating group) is 1. The third-order valence-corrected chi connectivity index (χ3v) is 2.92. The summed E-state index contributed by atoms with van der Waals surface area (Å²) < 4.78 is 5.17. The third-order valence-electron chi connectivity index (χ3n) is 2.92. The molecule has 0 spiro atoms. The van der Waals surface area contributed by atoms with Gasteiger partial charge in [0.15, 0.2) is 6.61 Å². The van der Waals surface area contributed by atoms with E-state index in [4.69, 9.17) is 9.84 Å². The number of hydrogen-bond acceptors (Lipinski definition) is 5. The molecule has 0 aliphatic rings. The van der Waals surface area contributed by atoms with E-state index in [-0.39, 0.29) is 24.5 Å². The molecule has 0 saturated heterocycles. The van der Waals surface area contributed by atoms with Crippen molar-refractivity contribution in [2.24, 2.45) is 0 Å². The number of carbonyl (C=O) groups is 2. The zero-order chi connectivity index (χ0) is 16.0. The molecule has 1 atom stereocenters. The zero-order valence-corrected chi connectivity index (χ0v) is 11.7. The monoisotopic (exact) mass is 296 g/mol. The summed E-state index contributed by atoms with van der Waals surface area (Å²) in [7, 11) is 1.38. The third kappa shape index (κ3) is 4.44. The summed E-state index contributed by atoms with van der Waals surface area (Å²) in [6, 6.07) is 4.49. The fourth-order valence-electron chi connectivity index (χ4n) is 1.72. The van der Waals surface area contributed by atoms with Gasteiger partial charge in [-0.2, -0.15) is 0 Å². The molecular formula is C13H16N2O6. The lowest BCUT2D eigenvalue weighted by Crippen LogP contribution is -2.44. The highest BCUT2D eigenvalue weighted by Gasteiger charge is 2.24. The van der Waals surface area contributed by atoms with E-state index in [1.54, 1.807) is 6.92 Å². The van der Waals surface area contributed by atoms with Crippen LogP contribution in [0.5, 0.6) is 5.75 Å². The highest BCUT2D eigenvalue weighted by molar-refractivity contribution is 5.84. The van der Waals surface area contributed by atoms with Crippen molar-refractivity contribution >= 4 is 17.6 Å². The first-order chi connectivity index (χ1) is 9.86. The first kappa shape index (κ1) is 16.4. The molecule has 1 N–H and O–H groups in total. The number of carboxylic acid groups (broad SMARTS) is 1. The van der Waals surface area contributed by atoms with Crippen LogP contribution in [0.3, 0.4) is 0 Å². The van der Waals surface area contributed by atoms with Gasteiger partial charge in [-0.25, -0.2) is 4.79 Å². The number of carboxylic acids is 1. The van der Waals surface area contributed by atoms with Crippen LogP contribution in [0.15, 0.2) is 24.3 Å². The van der Waals surface area contributed by atoms with Crippen molar-refractivity contribution in [1.82, 2.24) is 4.90 Å². The van der Waals surface area contributed by atoms with Crippen LogP contribution in [0.2, 0.25) is 0 Å². The minimum atomic E-state index is -1.09. The number of nitrogens with zero attached hydrogens (tertiary/aromatic N) is 2. The Balaban J connectivity index is 2.66. The Hall–Kier alpha value is -2.64. The number of benzene rings is 1. The lowest BCUT2D eigenvalue weighted by molar-refractivity contribution is -0.384. The molecule has 1 aromatic rings. The number of ether oxygens (including phenoxy) is 1. The fraction of sp³-hybridized carbons (Fsp3) is 0.385. The highest BCUT2D eigenvalue weighted by atomic mass is 16.6. The van der Waals surface area contributed by atoms with Crippen LogP contribution >= 0.6 is 0 Å². The van der Waals surface area contributed by atoms with Crippen molar-refractivity contribution in [3.63, 3.8) is 0 Å². The van der Waals surface area contributed by atoms with Crippen LogP contribution in [-0.4, -0.2) is 46.5 Å². The second-order valence-electron chi connectivity index (χ2n) is 4.31. The van der Waals surface area contributed by atoms with E-state index in [1.165, 1.54) is 31.3 Å². The lowest BCUT2D eigenvalue weighted by atomic mass is 10.2. The van der Waals surface area contributed by atoms with Crippen molar-refractivity contribution in [3.8, 4) is 5.75 Å². The van der Waals surface area contributed by atoms with Crippen molar-refractivity contribution in [2.45, 2.75) is 19.4 Å². The van der Waals surface area contributed by atoms with Gasteiger partial charge in [-0.05, 0) is 12.5 Å². The van der Waals surface area contributed by atoms with Crippen LogP contribution < -0.4 is 4.74 Å². The highest BCUT2D eigenvalue weighted by Crippen LogP contribution is 2.19. The lowest BCUT2D eigenvalue weighted by Gasteiger charge is -2.23. The minimum absolute atomic E-state index is 0.148. The average molecular weight is 296 g/mol. The van der Waals surface area contributed by atoms with E-state index in [0.717, 1.165) is 4.90 Å². The van der Waals surface area contributed by atoms with Crippen LogP contribution in [-0.2, 0) is 9.59 Å². The van der Waals surface area contributed by atoms with Gasteiger partial charge in [0.25, 0.3) is 11.6 Å². The molecule has 0 saturated carbocycles. The molecule has 1 rings (SSSR count). The summed E-state index contributed by atoms with van der Waals surface area (Å²) >= 11 is 0. The van der Waals surface area contributed by atoms with Crippen LogP contribution in [0, 0.1) is 10.1 Å². The van der Waals surface area contributed by atoms with E-state index in [2.05, 4.69) is 0 Å². The van der Waals surface area contributed by atoms with Crippen LogP contribution in [0.1, 0.15) is 13.3 Å². The largest absolute Gasteiger partial charge is 0.484 e. The molecule has 0 radical (unpaired) electrons. The van der Waals surface area contributed by atoms with Gasteiger partial charge in [-0.1, -0.05) is 13.0 Å². The van der Waals surface area contributed by atoms with Crippen molar-refractivity contribution in [3.05, 3.63) is 34.4 Å². The maximum atomic E-state index is 11.8. The van der Waals surface area contributed by atoms with E-state index in [0.29, 0.717) is 0 Å². The van der Waals surface area contributed by atoms with Gasteiger partial charge in [0.2, 0.25) is 0 Å². The maximum Gasteiger partial charge on any atom is 0.326 e. The molecule has 1 amide bonds. The molecular weight excluding hydrogens is 280 g/mol. The predicted octanol–water partition coefficient (Wildman–Crippen LogP) is 1.30. The summed E-state index contributed by atoms with van der Waals surface area (Å²) in [5.41, 5.74) is -0.148. The first-order valence-electron chi connectivity index (χ1n) is 6.22. The summed E-state index contributed by atoms with van der Waals surface area (Å²) in [5.74, 6) is -1.44. The van der Waals surface area contributed by atoms with Crippen LogP contribution in [0.25, 0.3) is 0 Å². The van der Waals surface area contributed by atoms with Gasteiger partial charge in [0.1, 0.15) is 11.8 Å². The molecule has 0 aromatic heterocycles. The predicted molar refractivity (Wildman–Crippen MR) is 73.1 cm³/mol. The summed E-state index contributed by atoms with van der Waals surface area (Å²) in [6.45, 7) is 1.27. The smallest absolute Gasteiger partial charge is 0.326 e. The van der Waals surface area contributed by atoms with Gasteiger partial charge in [-0.3, -0.25) is 14.9 Å². The van der Waals surface area contributed by atoms with Gasteiger partial charge in [-0.15, -0.1) is 0 Å². The summed E-state index contributed by atoms with van der Waals surface area (Å²) in [5, 5.41) is 19.6. The number of nitro groups is 1. The van der Waals surface area contributed by atoms with E-state index in [1.807, 2.05) is 0 Å². The standard InChI is InChI=1S/C13H16N2O6/c1-3-11(13(17)18)14(2)12(16)8-21-10-6-4-5-9(7-10)15(19)20/h4-7,11H,3,8H2,1-2H3,(H,17,18). The molecule has 1 aromatic carbocycles. The van der Waals surface area contributed by atoms with E-state index in [9.17, 15) is 19.7 Å². The number of aliphatic carboxylic acids is 1. The van der Waals surface area contributed by atoms with E-state index >= 15 is 0 Å². The molecule has 0 heterocycles. The molecule has 0 aliphatic heterocycles. The Morgan fingerprint density at radius 2 is 2.14 bits per heavy atom. The quantitative estimate of drug-likeness (QED) is 0.599. The van der Waals surface area contributed by atoms with Crippen molar-refractivity contribution < 1.29 is 24.4 Å². The van der Waals surface area contributed by atoms with Gasteiger partial charge in [0.05, 0.1) is 11.0 Å². The van der Waals surface area contributed by atoms with Gasteiger partial charge in [0, 0.05) is 13.1 Å². The molecule has 114 valence electrons. The maximum absolute atomic E-state index is 11.8. The minimum Gasteiger partial charge on any atom is -0.484 e. The summed E-state index contributed by atoms with van der Waals surface area (Å²) in [4.78, 5) is 33.9. The Kier molecular flexibility index (Phi) is 5.65. The molecule has 0 bridgehead atoms. The second kappa shape index (κ2) is 7.22. The normalized spacial score (nSPS) is 11.5. The molecule has 0 aliphatic carbocycles. The molecule has 8 nitrogen and oxygen atoms in total. The second-order valence-corrected chi connectivity index (χ2v) is 4.31. The van der Waals surface area contributed by atoms with Gasteiger partial charge < -0.3 is 14.7 Å². The number of nitro benzene ring substituents is 1. The van der Waals surface area contributed by atoms with Crippen molar-refractivity contribution in [2.75, 3.05) is 13.7 Å². The van der Waals surface area contributed by atoms with Crippen LogP contribution in [0.4, 0.5) is 5.69 Å². The molecule has 0 fully saturated rings. The summed E-state index contributed by atoms with van der Waals surface area (Å²) in [6.07, 6.45) is 0.272. The Morgan fingerprint density at radius 1 is 1.48 bits per heavy atom. The number of hydrogen-bond donors (Lipinski definition) is 1. The zero-order valence-electron chi connectivity index (χ0n) is 11.7. The Bertz CT molecular complexity index is 545. The van der Waals surface area contributed by atoms with Gasteiger partial charge >= 0.3 is 5.97 Å². The molecule has 1 unspecified atom stereocenters. The fourth-order valence-corrected chi connectivity index (χ4v) is 1.72. The molecule has 21 heavy (non-hydrogen) atoms. The topological polar surface area (TPSA) is 110 Å². The average Bonchev–Trinajstić information content (AvgIpc) is 2.45. The Labute approximate surface area is 121 Å². The number of non-ortho nitro benzene ring substituents is 1. The van der Waals surface area contributed by atoms with E-state index < -0.39 is 22.8 Å². The SMILES string of the molecule is CCC(C(=O)O)N(C)C(=O)COc1cccc([N+](=O)[O-])c1. The first-order valence-corrected chi connectivity index (χ1v) is 6.22.